The Morgan fingerprint density at radius 3 is 2.18 bits per heavy atom. The van der Waals surface area contributed by atoms with Crippen molar-refractivity contribution in [3.05, 3.63) is 82.4 Å². The number of ether oxygens (including phenoxy) is 3. The van der Waals surface area contributed by atoms with E-state index in [0.29, 0.717) is 16.6 Å². The predicted molar refractivity (Wildman–Crippen MR) is 292 cm³/mol. The van der Waals surface area contributed by atoms with Gasteiger partial charge in [0, 0.05) is 37.6 Å². The summed E-state index contributed by atoms with van der Waals surface area (Å²) in [6.45, 7) is 5.14. The number of aliphatic hydroxyl groups excluding tert-OH is 8. The number of likely N-dealkylation sites (N-methyl/N-ethyl adjacent to an activating group) is 1. The molecule has 83 heavy (non-hydrogen) atoms. The van der Waals surface area contributed by atoms with Gasteiger partial charge in [0.25, 0.3) is 11.5 Å². The van der Waals surface area contributed by atoms with Crippen LogP contribution >= 0.6 is 0 Å². The van der Waals surface area contributed by atoms with Crippen LogP contribution in [0.15, 0.2) is 65.5 Å². The molecule has 2 fully saturated rings. The van der Waals surface area contributed by atoms with Gasteiger partial charge in [-0.25, -0.2) is 14.2 Å². The van der Waals surface area contributed by atoms with Gasteiger partial charge in [0.2, 0.25) is 23.6 Å². The molecule has 5 aromatic rings. The molecule has 3 unspecified atom stereocenters. The number of anilines is 3. The first-order chi connectivity index (χ1) is 39.4. The number of carbonyl (C=O) groups is 6. The number of nitrogens with one attached hydrogen (secondary N) is 7. The lowest BCUT2D eigenvalue weighted by atomic mass is 9.98. The first-order valence-electron chi connectivity index (χ1n) is 26.3. The molecule has 3 aromatic carbocycles. The molecule has 7 rings (SSSR count). The van der Waals surface area contributed by atoms with Gasteiger partial charge in [0.1, 0.15) is 84.7 Å². The zero-order valence-corrected chi connectivity index (χ0v) is 45.4. The fraction of sp³-hybridized carbons (Fsp3) is 0.472. The van der Waals surface area contributed by atoms with Gasteiger partial charge >= 0.3 is 6.09 Å². The number of amides is 6. The number of nitrogens with zero attached hydrogens (tertiary/aromatic N) is 3. The minimum atomic E-state index is -2.53. The van der Waals surface area contributed by atoms with Crippen LogP contribution in [0.25, 0.3) is 33.3 Å². The van der Waals surface area contributed by atoms with Crippen LogP contribution in [0.5, 0.6) is 0 Å². The van der Waals surface area contributed by atoms with Gasteiger partial charge < -0.3 is 102 Å². The van der Waals surface area contributed by atoms with E-state index in [2.05, 4.69) is 58.4 Å². The quantitative estimate of drug-likeness (QED) is 0.0308. The molecule has 2 aliphatic rings. The number of rotatable bonds is 23. The number of hydrogen-bond donors (Lipinski definition) is 16. The number of carbonyl (C=O) groups excluding carboxylic acids is 6. The third kappa shape index (κ3) is 15.1. The SMILES string of the molecule is CC(NC(=O)C(NC(=O)[C@H](O)[C@H](O)[C@@H](O[C@@H]1O[C@H](CO)[C@H](O)[C@H](O)[C@H]1O)[C@H](O)CO)C(C)C)C(=O)NC(CC(N)=O)C(=O)Nc1ccc(COC(=O)Nc2c(-c3nc4ccc(N5CCN(C)CC5)cc4[nH]3)c(=O)[nH]c3cccc(F)c23)cc1. The Labute approximate surface area is 471 Å². The zero-order valence-electron chi connectivity index (χ0n) is 45.4. The highest BCUT2D eigenvalue weighted by Gasteiger charge is 2.48. The number of nitrogens with two attached hydrogens (primary N) is 1. The maximum atomic E-state index is 15.6. The van der Waals surface area contributed by atoms with Crippen LogP contribution in [0, 0.1) is 11.7 Å². The highest BCUT2D eigenvalue weighted by molar-refractivity contribution is 6.05. The van der Waals surface area contributed by atoms with Crippen LogP contribution in [0.4, 0.5) is 26.2 Å². The molecule has 12 atom stereocenters. The van der Waals surface area contributed by atoms with Crippen molar-refractivity contribution in [2.24, 2.45) is 11.7 Å². The van der Waals surface area contributed by atoms with E-state index in [0.717, 1.165) is 31.9 Å². The lowest BCUT2D eigenvalue weighted by molar-refractivity contribution is -0.326. The molecule has 0 saturated carbocycles. The summed E-state index contributed by atoms with van der Waals surface area (Å²) in [6, 6.07) is 10.8. The normalized spacial score (nSPS) is 21.0. The summed E-state index contributed by atoms with van der Waals surface area (Å²) in [5.74, 6) is -6.83. The number of aromatic nitrogens is 3. The van der Waals surface area contributed by atoms with Crippen molar-refractivity contribution < 1.29 is 88.2 Å². The third-order valence-corrected chi connectivity index (χ3v) is 14.0. The van der Waals surface area contributed by atoms with E-state index in [1.807, 2.05) is 12.1 Å². The molecule has 30 heteroatoms. The average molecular weight is 1170 g/mol. The summed E-state index contributed by atoms with van der Waals surface area (Å²) in [6.07, 6.45) is -20.2. The van der Waals surface area contributed by atoms with E-state index in [-0.39, 0.29) is 40.3 Å². The van der Waals surface area contributed by atoms with Gasteiger partial charge in [-0.15, -0.1) is 0 Å². The molecule has 0 bridgehead atoms. The molecule has 17 N–H and O–H groups in total. The Morgan fingerprint density at radius 1 is 0.831 bits per heavy atom. The van der Waals surface area contributed by atoms with Gasteiger partial charge in [-0.3, -0.25) is 34.1 Å². The fourth-order valence-corrected chi connectivity index (χ4v) is 9.26. The average Bonchev–Trinajstić information content (AvgIpc) is 4.12. The summed E-state index contributed by atoms with van der Waals surface area (Å²) in [7, 11) is 2.05. The second-order valence-corrected chi connectivity index (χ2v) is 20.5. The molecule has 29 nitrogen and oxygen atoms in total. The summed E-state index contributed by atoms with van der Waals surface area (Å²) < 4.78 is 31.6. The molecule has 4 heterocycles. The van der Waals surface area contributed by atoms with Crippen LogP contribution < -0.4 is 42.8 Å². The van der Waals surface area contributed by atoms with E-state index >= 15 is 4.39 Å². The number of imidazole rings is 1. The Balaban J connectivity index is 0.946. The van der Waals surface area contributed by atoms with Gasteiger partial charge in [0.05, 0.1) is 47.3 Å². The number of primary amides is 1. The van der Waals surface area contributed by atoms with E-state index < -0.39 is 146 Å². The van der Waals surface area contributed by atoms with Crippen molar-refractivity contribution >= 4 is 74.6 Å². The first-order valence-corrected chi connectivity index (χ1v) is 26.3. The second kappa shape index (κ2) is 27.6. The van der Waals surface area contributed by atoms with Crippen molar-refractivity contribution in [1.82, 2.24) is 35.8 Å². The number of aliphatic hydroxyl groups is 8. The van der Waals surface area contributed by atoms with Crippen LogP contribution in [-0.4, -0.2) is 216 Å². The standard InChI is InChI=1S/C53H68FN11O18/c1-23(2)38(62-51(79)43(73)42(72)45(33(68)20-66)83-52-44(74)41(71)40(70)34(21-67)82-52)50(78)56-24(3)47(75)61-32(19-35(55)69)48(76)57-26-10-8-25(9-11-26)22-81-53(80)63-39-36-28(54)6-5-7-30(36)60-49(77)37(39)46-58-29-13-12-27(18-31(29)59-46)65-16-14-64(4)15-17-65/h5-13,18,23-24,32-34,38,40-45,52,66-68,70-74H,14-17,19-22H2,1-4H3,(H2,55,69)(H,56,78)(H,57,76)(H,58,59)(H,61,75)(H,62,79)(H2,60,63,77,80)/t24?,32?,33-,34-,38?,40+,41+,42+,43-,44-,45+,52+/m1/s1. The van der Waals surface area contributed by atoms with Crippen molar-refractivity contribution in [3.8, 4) is 11.4 Å². The van der Waals surface area contributed by atoms with Crippen LogP contribution in [0.1, 0.15) is 32.8 Å². The van der Waals surface area contributed by atoms with Crippen molar-refractivity contribution in [3.63, 3.8) is 0 Å². The summed E-state index contributed by atoms with van der Waals surface area (Å²) in [4.78, 5) is 108. The molecule has 0 spiro atoms. The minimum absolute atomic E-state index is 0.0639. The number of halogens is 1. The molecule has 2 aromatic heterocycles. The number of H-pyrrole nitrogens is 2. The van der Waals surface area contributed by atoms with E-state index in [1.54, 1.807) is 6.07 Å². The van der Waals surface area contributed by atoms with Gasteiger partial charge in [-0.1, -0.05) is 32.0 Å². The maximum Gasteiger partial charge on any atom is 0.412 e. The smallest absolute Gasteiger partial charge is 0.412 e. The molecule has 450 valence electrons. The lowest BCUT2D eigenvalue weighted by Gasteiger charge is -2.42. The molecule has 0 radical (unpaired) electrons. The van der Waals surface area contributed by atoms with Crippen molar-refractivity contribution in [1.29, 1.82) is 0 Å². The van der Waals surface area contributed by atoms with Gasteiger partial charge in [-0.2, -0.15) is 0 Å². The van der Waals surface area contributed by atoms with E-state index in [9.17, 15) is 74.4 Å². The van der Waals surface area contributed by atoms with Crippen LogP contribution in [-0.2, 0) is 44.8 Å². The number of hydrogen-bond acceptors (Lipinski definition) is 21. The van der Waals surface area contributed by atoms with E-state index in [4.69, 9.17) is 19.9 Å². The van der Waals surface area contributed by atoms with Gasteiger partial charge in [-0.05, 0) is 67.9 Å². The highest BCUT2D eigenvalue weighted by Crippen LogP contribution is 2.34. The monoisotopic (exact) mass is 1170 g/mol. The minimum Gasteiger partial charge on any atom is -0.444 e. The Morgan fingerprint density at radius 2 is 1.53 bits per heavy atom. The third-order valence-electron chi connectivity index (χ3n) is 14.0. The van der Waals surface area contributed by atoms with E-state index in [1.165, 1.54) is 63.2 Å². The molecule has 6 amide bonds. The number of piperazine rings is 1. The van der Waals surface area contributed by atoms with Crippen molar-refractivity contribution in [2.45, 2.75) is 107 Å². The molecule has 2 saturated heterocycles. The predicted octanol–water partition coefficient (Wildman–Crippen LogP) is -3.08. The number of benzene rings is 3. The highest BCUT2D eigenvalue weighted by atomic mass is 19.1. The van der Waals surface area contributed by atoms with Crippen molar-refractivity contribution in [2.75, 3.05) is 62.0 Å². The molecular formula is C53H68FN11O18. The summed E-state index contributed by atoms with van der Waals surface area (Å²) in [5, 5.41) is 93.8. The number of aromatic amines is 2. The maximum absolute atomic E-state index is 15.6. The van der Waals surface area contributed by atoms with Gasteiger partial charge in [0.15, 0.2) is 12.4 Å². The topological polar surface area (TPSA) is 446 Å². The number of fused-ring (bicyclic) bond motifs is 2. The molecule has 0 aliphatic carbocycles. The Kier molecular flexibility index (Phi) is 20.9. The Bertz CT molecular complexity index is 3190. The first kappa shape index (κ1) is 62.8. The molecular weight excluding hydrogens is 1100 g/mol. The Hall–Kier alpha value is -7.75. The molecule has 2 aliphatic heterocycles. The fourth-order valence-electron chi connectivity index (χ4n) is 9.26. The van der Waals surface area contributed by atoms with Crippen LogP contribution in [0.3, 0.4) is 0 Å². The summed E-state index contributed by atoms with van der Waals surface area (Å²) in [5.41, 5.74) is 7.10. The summed E-state index contributed by atoms with van der Waals surface area (Å²) >= 11 is 0. The number of pyridine rings is 1. The second-order valence-electron chi connectivity index (χ2n) is 20.5. The van der Waals surface area contributed by atoms with Crippen LogP contribution in [0.2, 0.25) is 0 Å². The lowest BCUT2D eigenvalue weighted by Crippen LogP contribution is -2.62. The zero-order chi connectivity index (χ0) is 60.6. The largest absolute Gasteiger partial charge is 0.444 e.